The molecule has 37 heavy (non-hydrogen) atoms. The first-order chi connectivity index (χ1) is 17.8. The number of benzene rings is 2. The van der Waals surface area contributed by atoms with Crippen molar-refractivity contribution in [2.75, 3.05) is 7.11 Å². The van der Waals surface area contributed by atoms with E-state index in [1.807, 2.05) is 6.92 Å². The highest BCUT2D eigenvalue weighted by atomic mass is 32.2. The van der Waals surface area contributed by atoms with Crippen molar-refractivity contribution in [3.05, 3.63) is 89.2 Å². The van der Waals surface area contributed by atoms with Crippen molar-refractivity contribution < 1.29 is 27.8 Å². The molecule has 0 spiro atoms. The van der Waals surface area contributed by atoms with Gasteiger partial charge in [-0.1, -0.05) is 43.0 Å². The quantitative estimate of drug-likeness (QED) is 0.381. The molecule has 2 unspecified atom stereocenters. The van der Waals surface area contributed by atoms with Gasteiger partial charge in [-0.3, -0.25) is 14.6 Å². The molecule has 2 heterocycles. The zero-order valence-electron chi connectivity index (χ0n) is 20.0. The monoisotopic (exact) mass is 526 g/mol. The van der Waals surface area contributed by atoms with Crippen LogP contribution in [0.15, 0.2) is 72.1 Å². The summed E-state index contributed by atoms with van der Waals surface area (Å²) in [6, 6.07) is 14.4. The Morgan fingerprint density at radius 2 is 1.76 bits per heavy atom. The number of pyridine rings is 1. The molecule has 1 aliphatic rings. The lowest BCUT2D eigenvalue weighted by Crippen LogP contribution is -2.40. The van der Waals surface area contributed by atoms with E-state index in [0.29, 0.717) is 34.4 Å². The summed E-state index contributed by atoms with van der Waals surface area (Å²) in [6.45, 7) is -1.14. The summed E-state index contributed by atoms with van der Waals surface area (Å²) in [7, 11) is 1.35. The summed E-state index contributed by atoms with van der Waals surface area (Å²) in [6.07, 6.45) is 2.72. The predicted molar refractivity (Wildman–Crippen MR) is 136 cm³/mol. The molecule has 2 atom stereocenters. The van der Waals surface area contributed by atoms with Gasteiger partial charge in [-0.15, -0.1) is 0 Å². The highest BCUT2D eigenvalue weighted by Crippen LogP contribution is 2.35. The molecule has 0 saturated carbocycles. The molecule has 0 fully saturated rings. The Hall–Kier alpha value is -3.83. The summed E-state index contributed by atoms with van der Waals surface area (Å²) in [4.78, 5) is 29.5. The van der Waals surface area contributed by atoms with Gasteiger partial charge >= 0.3 is 11.9 Å². The fraction of sp³-hybridized carbons (Fsp3) is 0.231. The third-order valence-corrected chi connectivity index (χ3v) is 6.95. The van der Waals surface area contributed by atoms with Crippen molar-refractivity contribution in [1.29, 1.82) is 0 Å². The second-order valence-electron chi connectivity index (χ2n) is 7.99. The lowest BCUT2D eigenvalue weighted by molar-refractivity contribution is -0.0512. The minimum Gasteiger partial charge on any atom is -0.493 e. The number of hydrogen-bond acceptors (Lipinski definition) is 8. The summed E-state index contributed by atoms with van der Waals surface area (Å²) in [5.41, 5.74) is 8.94. The van der Waals surface area contributed by atoms with E-state index in [4.69, 9.17) is 10.5 Å². The Morgan fingerprint density at radius 3 is 2.38 bits per heavy atom. The van der Waals surface area contributed by atoms with Crippen molar-refractivity contribution in [2.24, 2.45) is 10.8 Å². The van der Waals surface area contributed by atoms with Crippen molar-refractivity contribution in [3.63, 3.8) is 0 Å². The number of carbonyl (C=O) groups excluding carboxylic acids is 2. The Morgan fingerprint density at radius 1 is 1.08 bits per heavy atom. The molecule has 2 aromatic carbocycles. The van der Waals surface area contributed by atoms with Crippen LogP contribution in [0.3, 0.4) is 0 Å². The first-order valence-electron chi connectivity index (χ1n) is 11.3. The van der Waals surface area contributed by atoms with Crippen LogP contribution < -0.4 is 15.2 Å². The van der Waals surface area contributed by atoms with E-state index < -0.39 is 12.8 Å². The summed E-state index contributed by atoms with van der Waals surface area (Å²) in [5.74, 6) is -0.161. The van der Waals surface area contributed by atoms with E-state index >= 15 is 0 Å². The molecule has 192 valence electrons. The summed E-state index contributed by atoms with van der Waals surface area (Å²) < 4.78 is 35.6. The molecule has 0 saturated heterocycles. The van der Waals surface area contributed by atoms with Gasteiger partial charge in [0.05, 0.1) is 18.1 Å². The first-order valence-corrected chi connectivity index (χ1v) is 12.2. The number of rotatable bonds is 9. The number of thioether (sulfide) groups is 1. The highest BCUT2D eigenvalue weighted by Gasteiger charge is 2.34. The van der Waals surface area contributed by atoms with Crippen LogP contribution in [0.1, 0.15) is 46.6 Å². The van der Waals surface area contributed by atoms with Crippen LogP contribution in [0.4, 0.5) is 13.6 Å². The maximum Gasteiger partial charge on any atom is 0.387 e. The molecule has 4 rings (SSSR count). The second kappa shape index (κ2) is 11.5. The van der Waals surface area contributed by atoms with Gasteiger partial charge in [0, 0.05) is 29.1 Å². The summed E-state index contributed by atoms with van der Waals surface area (Å²) >= 11 is 1.05. The number of aromatic nitrogens is 1. The van der Waals surface area contributed by atoms with Crippen molar-refractivity contribution in [2.45, 2.75) is 31.4 Å². The molecule has 8 nitrogen and oxygen atoms in total. The van der Waals surface area contributed by atoms with Crippen molar-refractivity contribution in [1.82, 2.24) is 9.99 Å². The maximum absolute atomic E-state index is 12.9. The highest BCUT2D eigenvalue weighted by molar-refractivity contribution is 8.14. The molecule has 0 bridgehead atoms. The number of ketones is 1. The normalized spacial score (nSPS) is 16.4. The van der Waals surface area contributed by atoms with Crippen LogP contribution >= 0.6 is 11.8 Å². The van der Waals surface area contributed by atoms with Crippen LogP contribution in [0, 0.1) is 0 Å². The number of carbonyl (C=O) groups is 2. The van der Waals surface area contributed by atoms with E-state index in [0.717, 1.165) is 16.8 Å². The number of methoxy groups -OCH3 is 1. The molecule has 0 aliphatic carbocycles. The third kappa shape index (κ3) is 5.78. The molecule has 2 N–H and O–H groups in total. The van der Waals surface area contributed by atoms with Crippen LogP contribution in [-0.4, -0.2) is 45.7 Å². The molecule has 0 radical (unpaired) electrons. The Kier molecular flexibility index (Phi) is 8.14. The number of halogens is 2. The molecule has 1 amide bonds. The van der Waals surface area contributed by atoms with Gasteiger partial charge in [0.25, 0.3) is 0 Å². The van der Waals surface area contributed by atoms with E-state index in [1.165, 1.54) is 19.2 Å². The largest absolute Gasteiger partial charge is 0.493 e. The number of ether oxygens (including phenoxy) is 2. The Labute approximate surface area is 216 Å². The number of nitrogens with two attached hydrogens (primary N) is 1. The number of amides is 1. The average Bonchev–Trinajstić information content (AvgIpc) is 2.92. The molecule has 1 aliphatic heterocycles. The molecular weight excluding hydrogens is 502 g/mol. The number of nitrogens with zero attached hydrogens (tertiary/aromatic N) is 3. The van der Waals surface area contributed by atoms with Gasteiger partial charge in [0.2, 0.25) is 0 Å². The fourth-order valence-electron chi connectivity index (χ4n) is 3.82. The van der Waals surface area contributed by atoms with Crippen molar-refractivity contribution in [3.8, 4) is 11.5 Å². The Bertz CT molecular complexity index is 1310. The van der Waals surface area contributed by atoms with Gasteiger partial charge in [0.15, 0.2) is 17.3 Å². The molecule has 11 heteroatoms. The number of hydrogen-bond donors (Lipinski definition) is 1. The van der Waals surface area contributed by atoms with Crippen LogP contribution in [0.2, 0.25) is 0 Å². The first kappa shape index (κ1) is 26.2. The van der Waals surface area contributed by atoms with E-state index in [1.54, 1.807) is 54.9 Å². The van der Waals surface area contributed by atoms with Gasteiger partial charge in [-0.2, -0.15) is 13.9 Å². The van der Waals surface area contributed by atoms with Gasteiger partial charge in [0.1, 0.15) is 6.17 Å². The predicted octanol–water partition coefficient (Wildman–Crippen LogP) is 5.23. The standard InChI is InChI=1S/C26H24F2N4O4S/c1-3-21-22(18-8-9-19(35-2)20(14-18)36-25(27)28)31-32(26(34)37-21)24(29)17-6-4-15(5-7-17)23(33)16-10-12-30-13-11-16/h4-14,21,24-25H,3,29H2,1-2H3. The minimum absolute atomic E-state index is 0.139. The average molecular weight is 527 g/mol. The number of alkyl halides is 2. The topological polar surface area (TPSA) is 107 Å². The van der Waals surface area contributed by atoms with Gasteiger partial charge in [-0.05, 0) is 42.3 Å². The minimum atomic E-state index is -3.03. The van der Waals surface area contributed by atoms with Crippen molar-refractivity contribution >= 4 is 28.5 Å². The molecule has 3 aromatic rings. The zero-order valence-corrected chi connectivity index (χ0v) is 20.8. The zero-order chi connectivity index (χ0) is 26.5. The maximum atomic E-state index is 12.9. The van der Waals surface area contributed by atoms with Crippen LogP contribution in [-0.2, 0) is 0 Å². The van der Waals surface area contributed by atoms with Gasteiger partial charge in [-0.25, -0.2) is 5.01 Å². The van der Waals surface area contributed by atoms with E-state index in [2.05, 4.69) is 14.8 Å². The molecular formula is C26H24F2N4O4S. The number of hydrazone groups is 1. The van der Waals surface area contributed by atoms with E-state index in [-0.39, 0.29) is 27.8 Å². The fourth-order valence-corrected chi connectivity index (χ4v) is 4.78. The smallest absolute Gasteiger partial charge is 0.387 e. The third-order valence-electron chi connectivity index (χ3n) is 5.72. The van der Waals surface area contributed by atoms with Crippen LogP contribution in [0.5, 0.6) is 11.5 Å². The SMILES string of the molecule is CCC1SC(=O)N(C(N)c2ccc(C(=O)c3ccncc3)cc2)N=C1c1ccc(OC)c(OC(F)F)c1. The lowest BCUT2D eigenvalue weighted by Gasteiger charge is -2.32. The van der Waals surface area contributed by atoms with Gasteiger partial charge < -0.3 is 15.2 Å². The lowest BCUT2D eigenvalue weighted by atomic mass is 10.0. The second-order valence-corrected chi connectivity index (χ2v) is 9.14. The van der Waals surface area contributed by atoms with Crippen LogP contribution in [0.25, 0.3) is 0 Å². The van der Waals surface area contributed by atoms with E-state index in [9.17, 15) is 18.4 Å². The molecule has 1 aromatic heterocycles. The summed E-state index contributed by atoms with van der Waals surface area (Å²) in [5, 5.41) is 5.03. The Balaban J connectivity index is 1.63.